The van der Waals surface area contributed by atoms with Gasteiger partial charge in [0, 0.05) is 31.5 Å². The molecule has 4 nitrogen and oxygen atoms in total. The molecule has 1 rings (SSSR count). The van der Waals surface area contributed by atoms with E-state index in [2.05, 4.69) is 0 Å². The second-order valence-corrected chi connectivity index (χ2v) is 4.57. The quantitative estimate of drug-likeness (QED) is 0.723. The first kappa shape index (κ1) is 15.6. The lowest BCUT2D eigenvalue weighted by atomic mass is 10.1. The number of amides is 1. The van der Waals surface area contributed by atoms with E-state index >= 15 is 0 Å². The maximum atomic E-state index is 11.9. The lowest BCUT2D eigenvalue weighted by Gasteiger charge is -2.19. The fourth-order valence-corrected chi connectivity index (χ4v) is 1.96. The summed E-state index contributed by atoms with van der Waals surface area (Å²) in [5, 5.41) is 0. The minimum atomic E-state index is 0.0746. The summed E-state index contributed by atoms with van der Waals surface area (Å²) in [5.74, 6) is 1.91. The van der Waals surface area contributed by atoms with Crippen LogP contribution >= 0.6 is 11.6 Å². The molecule has 106 valence electrons. The molecule has 0 aliphatic heterocycles. The van der Waals surface area contributed by atoms with Crippen LogP contribution in [0.1, 0.15) is 18.4 Å². The van der Waals surface area contributed by atoms with Gasteiger partial charge in [0.2, 0.25) is 5.91 Å². The molecular weight excluding hydrogens is 266 g/mol. The number of ether oxygens (including phenoxy) is 2. The van der Waals surface area contributed by atoms with Crippen LogP contribution in [0.3, 0.4) is 0 Å². The Morgan fingerprint density at radius 1 is 1.32 bits per heavy atom. The van der Waals surface area contributed by atoms with Gasteiger partial charge in [0.15, 0.2) is 11.5 Å². The molecule has 0 atom stereocenters. The lowest BCUT2D eigenvalue weighted by molar-refractivity contribution is -0.130. The first-order valence-corrected chi connectivity index (χ1v) is 6.67. The predicted molar refractivity (Wildman–Crippen MR) is 76.0 cm³/mol. The summed E-state index contributed by atoms with van der Waals surface area (Å²) in [4.78, 5) is 13.5. The van der Waals surface area contributed by atoms with E-state index in [-0.39, 0.29) is 5.91 Å². The van der Waals surface area contributed by atoms with Crippen molar-refractivity contribution in [2.75, 3.05) is 27.1 Å². The summed E-state index contributed by atoms with van der Waals surface area (Å²) >= 11 is 5.59. The zero-order valence-corrected chi connectivity index (χ0v) is 12.4. The number of hydrogen-bond donors (Lipinski definition) is 0. The van der Waals surface area contributed by atoms with Crippen LogP contribution in [0.2, 0.25) is 0 Å². The molecule has 0 unspecified atom stereocenters. The molecule has 1 amide bonds. The minimum absolute atomic E-state index is 0.0746. The molecule has 0 aliphatic carbocycles. The van der Waals surface area contributed by atoms with Gasteiger partial charge < -0.3 is 14.4 Å². The van der Waals surface area contributed by atoms with Crippen LogP contribution in [0.15, 0.2) is 18.2 Å². The predicted octanol–water partition coefficient (Wildman–Crippen LogP) is 2.68. The number of para-hydroxylation sites is 1. The van der Waals surface area contributed by atoms with Crippen molar-refractivity contribution in [1.82, 2.24) is 4.90 Å². The molecule has 5 heteroatoms. The molecule has 1 aromatic carbocycles. The number of carbonyl (C=O) groups excluding carboxylic acids is 1. The Morgan fingerprint density at radius 2 is 2.05 bits per heavy atom. The second kappa shape index (κ2) is 7.89. The smallest absolute Gasteiger partial charge is 0.222 e. The first-order chi connectivity index (χ1) is 9.13. The van der Waals surface area contributed by atoms with Crippen LogP contribution in [-0.2, 0) is 11.3 Å². The largest absolute Gasteiger partial charge is 0.493 e. The van der Waals surface area contributed by atoms with Crippen LogP contribution < -0.4 is 9.47 Å². The SMILES string of the molecule is COc1cccc(CN(C)C(=O)CCCCl)c1OC. The van der Waals surface area contributed by atoms with Gasteiger partial charge in [0.1, 0.15) is 0 Å². The van der Waals surface area contributed by atoms with Crippen molar-refractivity contribution in [1.29, 1.82) is 0 Å². The maximum absolute atomic E-state index is 11.9. The molecule has 0 saturated heterocycles. The van der Waals surface area contributed by atoms with E-state index < -0.39 is 0 Å². The lowest BCUT2D eigenvalue weighted by Crippen LogP contribution is -2.26. The second-order valence-electron chi connectivity index (χ2n) is 4.19. The van der Waals surface area contributed by atoms with E-state index in [1.54, 1.807) is 26.2 Å². The van der Waals surface area contributed by atoms with E-state index in [9.17, 15) is 4.79 Å². The van der Waals surface area contributed by atoms with Gasteiger partial charge in [-0.2, -0.15) is 0 Å². The monoisotopic (exact) mass is 285 g/mol. The topological polar surface area (TPSA) is 38.8 Å². The van der Waals surface area contributed by atoms with Gasteiger partial charge in [-0.3, -0.25) is 4.79 Å². The van der Waals surface area contributed by atoms with E-state index in [1.165, 1.54) is 0 Å². The summed E-state index contributed by atoms with van der Waals surface area (Å²) in [6, 6.07) is 5.64. The molecule has 0 aromatic heterocycles. The normalized spacial score (nSPS) is 10.1. The Bertz CT molecular complexity index is 423. The highest BCUT2D eigenvalue weighted by Crippen LogP contribution is 2.31. The van der Waals surface area contributed by atoms with Gasteiger partial charge in [-0.05, 0) is 12.5 Å². The number of carbonyl (C=O) groups is 1. The first-order valence-electron chi connectivity index (χ1n) is 6.13. The van der Waals surface area contributed by atoms with Crippen molar-refractivity contribution >= 4 is 17.5 Å². The fourth-order valence-electron chi connectivity index (χ4n) is 1.83. The molecule has 0 spiro atoms. The zero-order chi connectivity index (χ0) is 14.3. The maximum Gasteiger partial charge on any atom is 0.222 e. The number of halogens is 1. The molecule has 0 N–H and O–H groups in total. The van der Waals surface area contributed by atoms with Crippen LogP contribution in [0.25, 0.3) is 0 Å². The Balaban J connectivity index is 2.78. The molecule has 0 fully saturated rings. The molecule has 0 bridgehead atoms. The van der Waals surface area contributed by atoms with Crippen molar-refractivity contribution in [2.24, 2.45) is 0 Å². The zero-order valence-electron chi connectivity index (χ0n) is 11.6. The number of nitrogens with zero attached hydrogens (tertiary/aromatic N) is 1. The van der Waals surface area contributed by atoms with E-state index in [0.29, 0.717) is 36.8 Å². The van der Waals surface area contributed by atoms with E-state index in [4.69, 9.17) is 21.1 Å². The summed E-state index contributed by atoms with van der Waals surface area (Å²) < 4.78 is 10.6. The number of methoxy groups -OCH3 is 2. The number of alkyl halides is 1. The molecular formula is C14H20ClNO3. The third-order valence-corrected chi connectivity index (χ3v) is 3.11. The Kier molecular flexibility index (Phi) is 6.50. The molecule has 0 saturated carbocycles. The van der Waals surface area contributed by atoms with E-state index in [0.717, 1.165) is 5.56 Å². The third-order valence-electron chi connectivity index (χ3n) is 2.84. The van der Waals surface area contributed by atoms with Crippen molar-refractivity contribution in [3.05, 3.63) is 23.8 Å². The van der Waals surface area contributed by atoms with Crippen LogP contribution in [0.4, 0.5) is 0 Å². The third kappa shape index (κ3) is 4.31. The Morgan fingerprint density at radius 3 is 2.63 bits per heavy atom. The van der Waals surface area contributed by atoms with Gasteiger partial charge in [0.25, 0.3) is 0 Å². The molecule has 19 heavy (non-hydrogen) atoms. The van der Waals surface area contributed by atoms with Crippen molar-refractivity contribution in [2.45, 2.75) is 19.4 Å². The Labute approximate surface area is 119 Å². The van der Waals surface area contributed by atoms with Crippen LogP contribution in [-0.4, -0.2) is 38.0 Å². The van der Waals surface area contributed by atoms with Crippen molar-refractivity contribution < 1.29 is 14.3 Å². The van der Waals surface area contributed by atoms with Gasteiger partial charge in [-0.1, -0.05) is 12.1 Å². The standard InChI is InChI=1S/C14H20ClNO3/c1-16(13(17)8-5-9-15)10-11-6-4-7-12(18-2)14(11)19-3/h4,6-7H,5,8-10H2,1-3H3. The van der Waals surface area contributed by atoms with Crippen LogP contribution in [0.5, 0.6) is 11.5 Å². The van der Waals surface area contributed by atoms with Crippen molar-refractivity contribution in [3.8, 4) is 11.5 Å². The van der Waals surface area contributed by atoms with Gasteiger partial charge in [-0.15, -0.1) is 11.6 Å². The summed E-state index contributed by atoms with van der Waals surface area (Å²) in [7, 11) is 4.96. The van der Waals surface area contributed by atoms with Gasteiger partial charge in [-0.25, -0.2) is 0 Å². The van der Waals surface area contributed by atoms with Gasteiger partial charge >= 0.3 is 0 Å². The number of hydrogen-bond acceptors (Lipinski definition) is 3. The highest BCUT2D eigenvalue weighted by atomic mass is 35.5. The fraction of sp³-hybridized carbons (Fsp3) is 0.500. The number of benzene rings is 1. The van der Waals surface area contributed by atoms with Gasteiger partial charge in [0.05, 0.1) is 14.2 Å². The minimum Gasteiger partial charge on any atom is -0.493 e. The molecule has 1 aromatic rings. The van der Waals surface area contributed by atoms with Crippen molar-refractivity contribution in [3.63, 3.8) is 0 Å². The summed E-state index contributed by atoms with van der Waals surface area (Å²) in [6.45, 7) is 0.488. The van der Waals surface area contributed by atoms with Crippen LogP contribution in [0, 0.1) is 0 Å². The average molecular weight is 286 g/mol. The molecule has 0 radical (unpaired) electrons. The summed E-state index contributed by atoms with van der Waals surface area (Å²) in [5.41, 5.74) is 0.920. The highest BCUT2D eigenvalue weighted by molar-refractivity contribution is 6.17. The molecule has 0 aliphatic rings. The highest BCUT2D eigenvalue weighted by Gasteiger charge is 2.14. The average Bonchev–Trinajstić information content (AvgIpc) is 2.44. The van der Waals surface area contributed by atoms with E-state index in [1.807, 2.05) is 18.2 Å². The molecule has 0 heterocycles. The summed E-state index contributed by atoms with van der Waals surface area (Å²) in [6.07, 6.45) is 1.16. The number of rotatable bonds is 7. The Hall–Kier alpha value is -1.42.